The lowest BCUT2D eigenvalue weighted by Gasteiger charge is -2.05. The predicted molar refractivity (Wildman–Crippen MR) is 81.9 cm³/mol. The fourth-order valence-electron chi connectivity index (χ4n) is 1.97. The quantitative estimate of drug-likeness (QED) is 0.734. The zero-order valence-electron chi connectivity index (χ0n) is 10.8. The topological polar surface area (TPSA) is 59.3 Å². The molecule has 21 heavy (non-hydrogen) atoms. The highest BCUT2D eigenvalue weighted by atomic mass is 35.5. The van der Waals surface area contributed by atoms with E-state index in [9.17, 15) is 9.59 Å². The number of hydrogen-bond acceptors (Lipinski definition) is 3. The van der Waals surface area contributed by atoms with Crippen LogP contribution in [0.5, 0.6) is 0 Å². The van der Waals surface area contributed by atoms with Crippen LogP contribution in [0.4, 0.5) is 5.69 Å². The van der Waals surface area contributed by atoms with Crippen molar-refractivity contribution in [2.45, 2.75) is 0 Å². The molecule has 1 amide bonds. The van der Waals surface area contributed by atoms with Crippen LogP contribution in [-0.2, 0) is 0 Å². The van der Waals surface area contributed by atoms with E-state index in [2.05, 4.69) is 5.32 Å². The Kier molecular flexibility index (Phi) is 3.46. The largest absolute Gasteiger partial charge is 0.422 e. The number of halogens is 1. The van der Waals surface area contributed by atoms with E-state index in [0.717, 1.165) is 0 Å². The van der Waals surface area contributed by atoms with Crippen molar-refractivity contribution in [1.29, 1.82) is 0 Å². The molecule has 0 saturated heterocycles. The molecule has 3 rings (SSSR count). The first-order valence-corrected chi connectivity index (χ1v) is 6.61. The molecule has 0 atom stereocenters. The molecule has 0 aliphatic heterocycles. The molecule has 1 aromatic heterocycles. The Bertz CT molecular complexity index is 872. The number of rotatable bonds is 2. The third kappa shape index (κ3) is 2.80. The van der Waals surface area contributed by atoms with Crippen LogP contribution in [0, 0.1) is 0 Å². The van der Waals surface area contributed by atoms with Crippen molar-refractivity contribution in [2.75, 3.05) is 5.32 Å². The molecule has 104 valence electrons. The van der Waals surface area contributed by atoms with E-state index >= 15 is 0 Å². The molecule has 0 spiro atoms. The summed E-state index contributed by atoms with van der Waals surface area (Å²) in [6.45, 7) is 0. The van der Waals surface area contributed by atoms with E-state index in [0.29, 0.717) is 21.7 Å². The van der Waals surface area contributed by atoms with Crippen molar-refractivity contribution in [2.24, 2.45) is 0 Å². The van der Waals surface area contributed by atoms with E-state index in [1.54, 1.807) is 42.5 Å². The second-order valence-electron chi connectivity index (χ2n) is 4.45. The molecule has 0 aliphatic carbocycles. The number of hydrogen-bond donors (Lipinski definition) is 1. The number of benzene rings is 2. The third-order valence-corrected chi connectivity index (χ3v) is 3.21. The molecule has 0 aliphatic rings. The summed E-state index contributed by atoms with van der Waals surface area (Å²) in [5.41, 5.74) is 0.251. The molecular formula is C16H10ClNO3. The van der Waals surface area contributed by atoms with Crippen molar-refractivity contribution in [3.05, 3.63) is 75.6 Å². The van der Waals surface area contributed by atoms with Crippen molar-refractivity contribution < 1.29 is 9.21 Å². The molecule has 1 N–H and O–H groups in total. The minimum atomic E-state index is -0.682. The van der Waals surface area contributed by atoms with Gasteiger partial charge in [0.25, 0.3) is 5.91 Å². The minimum absolute atomic E-state index is 0.0615. The molecule has 2 aromatic carbocycles. The number of fused-ring (bicyclic) bond motifs is 1. The second kappa shape index (κ2) is 5.42. The average molecular weight is 300 g/mol. The first-order chi connectivity index (χ1) is 10.1. The van der Waals surface area contributed by atoms with E-state index in [-0.39, 0.29) is 5.56 Å². The van der Waals surface area contributed by atoms with Gasteiger partial charge in [-0.1, -0.05) is 29.8 Å². The maximum absolute atomic E-state index is 12.2. The molecule has 4 nitrogen and oxygen atoms in total. The molecule has 1 heterocycles. The van der Waals surface area contributed by atoms with Gasteiger partial charge < -0.3 is 9.73 Å². The van der Waals surface area contributed by atoms with Crippen LogP contribution in [-0.4, -0.2) is 5.91 Å². The summed E-state index contributed by atoms with van der Waals surface area (Å²) in [5, 5.41) is 3.75. The summed E-state index contributed by atoms with van der Waals surface area (Å²) in [4.78, 5) is 24.0. The fraction of sp³-hybridized carbons (Fsp3) is 0. The highest BCUT2D eigenvalue weighted by molar-refractivity contribution is 6.31. The van der Waals surface area contributed by atoms with E-state index in [4.69, 9.17) is 16.0 Å². The van der Waals surface area contributed by atoms with Gasteiger partial charge in [-0.25, -0.2) is 4.79 Å². The smallest absolute Gasteiger partial charge is 0.349 e. The summed E-state index contributed by atoms with van der Waals surface area (Å²) < 4.78 is 5.13. The number of anilines is 1. The monoisotopic (exact) mass is 299 g/mol. The highest BCUT2D eigenvalue weighted by Crippen LogP contribution is 2.19. The van der Waals surface area contributed by atoms with Gasteiger partial charge in [-0.3, -0.25) is 4.79 Å². The first kappa shape index (κ1) is 13.4. The summed E-state index contributed by atoms with van der Waals surface area (Å²) in [6.07, 6.45) is 0. The standard InChI is InChI=1S/C16H10ClNO3/c17-11-6-7-14-10(8-11)9-13(16(20)21-14)15(19)18-12-4-2-1-3-5-12/h1-9H,(H,18,19). The number of para-hydroxylation sites is 1. The Labute approximate surface area is 125 Å². The van der Waals surface area contributed by atoms with Crippen LogP contribution in [0.1, 0.15) is 10.4 Å². The lowest BCUT2D eigenvalue weighted by molar-refractivity contribution is 0.102. The minimum Gasteiger partial charge on any atom is -0.422 e. The molecule has 0 fully saturated rings. The van der Waals surface area contributed by atoms with Gasteiger partial charge in [-0.05, 0) is 36.4 Å². The van der Waals surface area contributed by atoms with Crippen molar-refractivity contribution >= 4 is 34.2 Å². The van der Waals surface area contributed by atoms with Gasteiger partial charge in [-0.15, -0.1) is 0 Å². The molecule has 5 heteroatoms. The zero-order valence-corrected chi connectivity index (χ0v) is 11.6. The molecular weight excluding hydrogens is 290 g/mol. The molecule has 0 unspecified atom stereocenters. The van der Waals surface area contributed by atoms with Gasteiger partial charge in [0.2, 0.25) is 0 Å². The van der Waals surface area contributed by atoms with E-state index in [1.165, 1.54) is 6.07 Å². The number of carbonyl (C=O) groups is 1. The van der Waals surface area contributed by atoms with E-state index < -0.39 is 11.5 Å². The van der Waals surface area contributed by atoms with Crippen LogP contribution in [0.15, 0.2) is 63.8 Å². The Morgan fingerprint density at radius 2 is 1.81 bits per heavy atom. The summed E-state index contributed by atoms with van der Waals surface area (Å²) in [7, 11) is 0. The van der Waals surface area contributed by atoms with Gasteiger partial charge >= 0.3 is 5.63 Å². The molecule has 0 saturated carbocycles. The van der Waals surface area contributed by atoms with Gasteiger partial charge in [0, 0.05) is 16.1 Å². The Balaban J connectivity index is 2.01. The van der Waals surface area contributed by atoms with Crippen LogP contribution in [0.25, 0.3) is 11.0 Å². The highest BCUT2D eigenvalue weighted by Gasteiger charge is 2.14. The van der Waals surface area contributed by atoms with Crippen LogP contribution >= 0.6 is 11.6 Å². The first-order valence-electron chi connectivity index (χ1n) is 6.23. The molecule has 3 aromatic rings. The summed E-state index contributed by atoms with van der Waals surface area (Å²) in [6, 6.07) is 15.2. The third-order valence-electron chi connectivity index (χ3n) is 2.97. The zero-order chi connectivity index (χ0) is 14.8. The predicted octanol–water partition coefficient (Wildman–Crippen LogP) is 3.70. The second-order valence-corrected chi connectivity index (χ2v) is 4.89. The SMILES string of the molecule is O=C(Nc1ccccc1)c1cc2cc(Cl)ccc2oc1=O. The lowest BCUT2D eigenvalue weighted by atomic mass is 10.1. The normalized spacial score (nSPS) is 10.5. The van der Waals surface area contributed by atoms with Gasteiger partial charge in [0.1, 0.15) is 11.1 Å². The fourth-order valence-corrected chi connectivity index (χ4v) is 2.15. The number of carbonyl (C=O) groups excluding carboxylic acids is 1. The van der Waals surface area contributed by atoms with Crippen molar-refractivity contribution in [3.63, 3.8) is 0 Å². The van der Waals surface area contributed by atoms with Gasteiger partial charge in [0.05, 0.1) is 0 Å². The van der Waals surface area contributed by atoms with Crippen molar-refractivity contribution in [1.82, 2.24) is 0 Å². The van der Waals surface area contributed by atoms with Crippen LogP contribution < -0.4 is 10.9 Å². The molecule has 0 radical (unpaired) electrons. The Morgan fingerprint density at radius 3 is 2.57 bits per heavy atom. The Hall–Kier alpha value is -2.59. The summed E-state index contributed by atoms with van der Waals surface area (Å²) in [5.74, 6) is -0.517. The summed E-state index contributed by atoms with van der Waals surface area (Å²) >= 11 is 5.90. The van der Waals surface area contributed by atoms with E-state index in [1.807, 2.05) is 6.07 Å². The number of nitrogens with one attached hydrogen (secondary N) is 1. The Morgan fingerprint density at radius 1 is 1.05 bits per heavy atom. The number of amides is 1. The molecule has 0 bridgehead atoms. The average Bonchev–Trinajstić information content (AvgIpc) is 2.48. The van der Waals surface area contributed by atoms with Gasteiger partial charge in [-0.2, -0.15) is 0 Å². The lowest BCUT2D eigenvalue weighted by Crippen LogP contribution is -2.20. The van der Waals surface area contributed by atoms with Crippen LogP contribution in [0.2, 0.25) is 5.02 Å². The van der Waals surface area contributed by atoms with Crippen molar-refractivity contribution in [3.8, 4) is 0 Å². The maximum atomic E-state index is 12.2. The maximum Gasteiger partial charge on any atom is 0.349 e. The van der Waals surface area contributed by atoms with Gasteiger partial charge in [0.15, 0.2) is 0 Å². The van der Waals surface area contributed by atoms with Crippen LogP contribution in [0.3, 0.4) is 0 Å².